The first-order chi connectivity index (χ1) is 27.7. The Kier molecular flexibility index (Phi) is 8.04. The van der Waals surface area contributed by atoms with Gasteiger partial charge in [-0.15, -0.1) is 0 Å². The molecule has 3 aromatic heterocycles. The van der Waals surface area contributed by atoms with Crippen LogP contribution in [-0.4, -0.2) is 19.5 Å². The van der Waals surface area contributed by atoms with Crippen molar-refractivity contribution in [3.8, 4) is 62.1 Å². The van der Waals surface area contributed by atoms with Crippen molar-refractivity contribution in [1.82, 2.24) is 19.5 Å². The molecule has 0 unspecified atom stereocenters. The fourth-order valence-electron chi connectivity index (χ4n) is 7.81. The Labute approximate surface area is 324 Å². The van der Waals surface area contributed by atoms with Gasteiger partial charge in [-0.2, -0.15) is 0 Å². The van der Waals surface area contributed by atoms with Crippen LogP contribution in [0.1, 0.15) is 11.3 Å². The smallest absolute Gasteiger partial charge is 0.164 e. The first-order valence-corrected chi connectivity index (χ1v) is 18.6. The second-order valence-electron chi connectivity index (χ2n) is 13.7. The zero-order valence-electron chi connectivity index (χ0n) is 30.4. The summed E-state index contributed by atoms with van der Waals surface area (Å²) in [5.74, 6) is 1.86. The van der Waals surface area contributed by atoms with Gasteiger partial charge < -0.3 is 8.98 Å². The Bertz CT molecular complexity index is 3050. The molecule has 0 aliphatic heterocycles. The highest BCUT2D eigenvalue weighted by atomic mass is 16.3. The zero-order chi connectivity index (χ0) is 37.6. The fourth-order valence-corrected chi connectivity index (χ4v) is 7.81. The normalized spacial score (nSPS) is 11.4. The van der Waals surface area contributed by atoms with E-state index in [1.807, 2.05) is 78.9 Å². The van der Waals surface area contributed by atoms with Gasteiger partial charge in [0.2, 0.25) is 0 Å². The maximum absolute atomic E-state index is 6.93. The second kappa shape index (κ2) is 13.7. The molecule has 264 valence electrons. The van der Waals surface area contributed by atoms with E-state index in [0.717, 1.165) is 88.7 Å². The van der Waals surface area contributed by atoms with Crippen molar-refractivity contribution < 1.29 is 4.42 Å². The van der Waals surface area contributed by atoms with Crippen molar-refractivity contribution >= 4 is 45.0 Å². The van der Waals surface area contributed by atoms with Crippen molar-refractivity contribution in [2.45, 2.75) is 0 Å². The van der Waals surface area contributed by atoms with E-state index in [4.69, 9.17) is 19.4 Å². The molecule has 3 heterocycles. The van der Waals surface area contributed by atoms with E-state index in [-0.39, 0.29) is 0 Å². The Morgan fingerprint density at radius 2 is 0.929 bits per heavy atom. The van der Waals surface area contributed by atoms with Crippen LogP contribution in [0.5, 0.6) is 0 Å². The second-order valence-corrected chi connectivity index (χ2v) is 13.7. The van der Waals surface area contributed by atoms with E-state index in [2.05, 4.69) is 121 Å². The molecule has 0 radical (unpaired) electrons. The standard InChI is InChI=1S/C51H34N4O/c1-3-39-44-32-36(29-30-46(44)55(45(39)4-2)38-23-12-7-13-24-38)41-26-16-28-43-42-27-15-25-40(47(42)56-48(41)43)35-21-14-22-37(31-35)51-53-49(33-17-8-5-9-18-33)52-50(54-51)34-19-10-6-11-20-34/h3-32H,1-2H2. The van der Waals surface area contributed by atoms with Crippen molar-refractivity contribution in [2.24, 2.45) is 0 Å². The molecule has 0 spiro atoms. The first kappa shape index (κ1) is 33.0. The number of rotatable bonds is 8. The van der Waals surface area contributed by atoms with Gasteiger partial charge in [-0.05, 0) is 47.5 Å². The highest BCUT2D eigenvalue weighted by Crippen LogP contribution is 2.42. The molecular weight excluding hydrogens is 685 g/mol. The molecule has 0 atom stereocenters. The molecule has 7 aromatic carbocycles. The van der Waals surface area contributed by atoms with Crippen LogP contribution in [0.4, 0.5) is 0 Å². The fraction of sp³-hybridized carbons (Fsp3) is 0. The molecule has 10 aromatic rings. The lowest BCUT2D eigenvalue weighted by Gasteiger charge is -2.10. The average Bonchev–Trinajstić information content (AvgIpc) is 3.82. The van der Waals surface area contributed by atoms with Crippen LogP contribution in [0.3, 0.4) is 0 Å². The van der Waals surface area contributed by atoms with Crippen LogP contribution >= 0.6 is 0 Å². The van der Waals surface area contributed by atoms with Crippen LogP contribution < -0.4 is 0 Å². The topological polar surface area (TPSA) is 56.7 Å². The van der Waals surface area contributed by atoms with E-state index in [9.17, 15) is 0 Å². The highest BCUT2D eigenvalue weighted by molar-refractivity contribution is 6.13. The third kappa shape index (κ3) is 5.53. The largest absolute Gasteiger partial charge is 0.455 e. The zero-order valence-corrected chi connectivity index (χ0v) is 30.4. The molecule has 0 saturated carbocycles. The maximum Gasteiger partial charge on any atom is 0.164 e. The summed E-state index contributed by atoms with van der Waals surface area (Å²) < 4.78 is 9.17. The average molecular weight is 719 g/mol. The maximum atomic E-state index is 6.93. The molecule has 0 amide bonds. The molecule has 0 aliphatic rings. The van der Waals surface area contributed by atoms with E-state index >= 15 is 0 Å². The van der Waals surface area contributed by atoms with Gasteiger partial charge in [-0.25, -0.2) is 15.0 Å². The third-order valence-electron chi connectivity index (χ3n) is 10.4. The van der Waals surface area contributed by atoms with Crippen molar-refractivity contribution in [3.63, 3.8) is 0 Å². The summed E-state index contributed by atoms with van der Waals surface area (Å²) in [5.41, 5.74) is 12.7. The van der Waals surface area contributed by atoms with Crippen LogP contribution in [0.15, 0.2) is 187 Å². The summed E-state index contributed by atoms with van der Waals surface area (Å²) in [5, 5.41) is 3.22. The molecule has 0 aliphatic carbocycles. The summed E-state index contributed by atoms with van der Waals surface area (Å²) in [4.78, 5) is 14.8. The summed E-state index contributed by atoms with van der Waals surface area (Å²) in [6, 6.07) is 58.2. The summed E-state index contributed by atoms with van der Waals surface area (Å²) >= 11 is 0. The minimum Gasteiger partial charge on any atom is -0.455 e. The number of para-hydroxylation sites is 3. The molecule has 5 nitrogen and oxygen atoms in total. The number of fused-ring (bicyclic) bond motifs is 4. The van der Waals surface area contributed by atoms with Crippen LogP contribution in [0.2, 0.25) is 0 Å². The SMILES string of the molecule is C=Cc1c(C=C)n(-c2ccccc2)c2ccc(-c3cccc4c3oc3c(-c5cccc(-c6nc(-c7ccccc7)nc(-c7ccccc7)n6)c5)cccc34)cc12. The predicted octanol–water partition coefficient (Wildman–Crippen LogP) is 13.3. The number of furan rings is 1. The molecule has 0 fully saturated rings. The number of hydrogen-bond acceptors (Lipinski definition) is 4. The van der Waals surface area contributed by atoms with E-state index in [0.29, 0.717) is 17.5 Å². The van der Waals surface area contributed by atoms with Gasteiger partial charge in [-0.3, -0.25) is 0 Å². The Morgan fingerprint density at radius 1 is 0.429 bits per heavy atom. The Hall–Kier alpha value is -7.63. The van der Waals surface area contributed by atoms with Gasteiger partial charge in [-0.1, -0.05) is 159 Å². The van der Waals surface area contributed by atoms with Gasteiger partial charge in [0.25, 0.3) is 0 Å². The lowest BCUT2D eigenvalue weighted by Crippen LogP contribution is -2.00. The van der Waals surface area contributed by atoms with E-state index < -0.39 is 0 Å². The van der Waals surface area contributed by atoms with E-state index in [1.165, 1.54) is 0 Å². The third-order valence-corrected chi connectivity index (χ3v) is 10.4. The first-order valence-electron chi connectivity index (χ1n) is 18.6. The van der Waals surface area contributed by atoms with Gasteiger partial charge in [0.05, 0.1) is 11.2 Å². The van der Waals surface area contributed by atoms with Crippen LogP contribution in [0, 0.1) is 0 Å². The summed E-state index contributed by atoms with van der Waals surface area (Å²) in [6.07, 6.45) is 3.83. The van der Waals surface area contributed by atoms with Crippen molar-refractivity contribution in [2.75, 3.05) is 0 Å². The molecule has 5 heteroatoms. The minimum atomic E-state index is 0.605. The summed E-state index contributed by atoms with van der Waals surface area (Å²) in [7, 11) is 0. The lowest BCUT2D eigenvalue weighted by atomic mass is 9.98. The van der Waals surface area contributed by atoms with Crippen LogP contribution in [-0.2, 0) is 0 Å². The minimum absolute atomic E-state index is 0.605. The van der Waals surface area contributed by atoms with Crippen molar-refractivity contribution in [3.05, 3.63) is 194 Å². The number of benzene rings is 7. The highest BCUT2D eigenvalue weighted by Gasteiger charge is 2.20. The van der Waals surface area contributed by atoms with Gasteiger partial charge >= 0.3 is 0 Å². The monoisotopic (exact) mass is 718 g/mol. The Balaban J connectivity index is 1.10. The lowest BCUT2D eigenvalue weighted by molar-refractivity contribution is 0.671. The van der Waals surface area contributed by atoms with Crippen LogP contribution in [0.25, 0.3) is 107 Å². The van der Waals surface area contributed by atoms with E-state index in [1.54, 1.807) is 0 Å². The number of nitrogens with zero attached hydrogens (tertiary/aromatic N) is 4. The quantitative estimate of drug-likeness (QED) is 0.157. The Morgan fingerprint density at radius 3 is 1.50 bits per heavy atom. The molecule has 0 N–H and O–H groups in total. The van der Waals surface area contributed by atoms with Gasteiger partial charge in [0, 0.05) is 55.2 Å². The molecule has 0 saturated heterocycles. The molecular formula is C51H34N4O. The molecule has 0 bridgehead atoms. The van der Waals surface area contributed by atoms with Crippen molar-refractivity contribution in [1.29, 1.82) is 0 Å². The number of aromatic nitrogens is 4. The molecule has 56 heavy (non-hydrogen) atoms. The summed E-state index contributed by atoms with van der Waals surface area (Å²) in [6.45, 7) is 8.35. The van der Waals surface area contributed by atoms with Gasteiger partial charge in [0.1, 0.15) is 11.2 Å². The number of hydrogen-bond donors (Lipinski definition) is 0. The molecule has 10 rings (SSSR count). The van der Waals surface area contributed by atoms with Gasteiger partial charge in [0.15, 0.2) is 17.5 Å². The predicted molar refractivity (Wildman–Crippen MR) is 231 cm³/mol.